The van der Waals surface area contributed by atoms with Crippen molar-refractivity contribution in [1.82, 2.24) is 0 Å². The predicted octanol–water partition coefficient (Wildman–Crippen LogP) is 1.50. The molecule has 16 heavy (non-hydrogen) atoms. The molecule has 0 N–H and O–H groups in total. The Labute approximate surface area is 93.2 Å². The maximum atomic E-state index is 10.8. The van der Waals surface area contributed by atoms with E-state index in [2.05, 4.69) is 0 Å². The second-order valence-electron chi connectivity index (χ2n) is 3.69. The summed E-state index contributed by atoms with van der Waals surface area (Å²) in [6.45, 7) is 1.36. The summed E-state index contributed by atoms with van der Waals surface area (Å²) in [6.07, 6.45) is 1.88. The Morgan fingerprint density at radius 2 is 2.38 bits per heavy atom. The minimum Gasteiger partial charge on any atom is -0.483 e. The van der Waals surface area contributed by atoms with Crippen LogP contribution in [0.5, 0.6) is 11.5 Å². The molecule has 84 valence electrons. The van der Waals surface area contributed by atoms with E-state index in [4.69, 9.17) is 9.47 Å². The quantitative estimate of drug-likeness (QED) is 0.430. The SMILES string of the molecule is CC(=O)Oc1ccc2c(c1)CCC(C=O)O2. The molecule has 0 bridgehead atoms. The highest BCUT2D eigenvalue weighted by molar-refractivity contribution is 5.69. The van der Waals surface area contributed by atoms with Gasteiger partial charge < -0.3 is 9.47 Å². The van der Waals surface area contributed by atoms with Gasteiger partial charge in [-0.1, -0.05) is 0 Å². The number of fused-ring (bicyclic) bond motifs is 1. The molecule has 1 unspecified atom stereocenters. The molecule has 0 amide bonds. The molecule has 2 rings (SSSR count). The number of hydrogen-bond donors (Lipinski definition) is 0. The maximum absolute atomic E-state index is 10.8. The van der Waals surface area contributed by atoms with Crippen LogP contribution in [0.4, 0.5) is 0 Å². The van der Waals surface area contributed by atoms with Gasteiger partial charge in [0.2, 0.25) is 0 Å². The average molecular weight is 220 g/mol. The van der Waals surface area contributed by atoms with Crippen LogP contribution in [0.1, 0.15) is 18.9 Å². The zero-order valence-corrected chi connectivity index (χ0v) is 8.93. The number of aryl methyl sites for hydroxylation is 1. The Morgan fingerprint density at radius 1 is 1.56 bits per heavy atom. The van der Waals surface area contributed by atoms with Crippen molar-refractivity contribution in [3.63, 3.8) is 0 Å². The predicted molar refractivity (Wildman–Crippen MR) is 56.6 cm³/mol. The molecule has 0 aliphatic carbocycles. The highest BCUT2D eigenvalue weighted by Crippen LogP contribution is 2.30. The second kappa shape index (κ2) is 4.35. The number of rotatable bonds is 2. The largest absolute Gasteiger partial charge is 0.483 e. The standard InChI is InChI=1S/C12H12O4/c1-8(14)15-10-4-5-12-9(6-10)2-3-11(7-13)16-12/h4-7,11H,2-3H2,1H3. The lowest BCUT2D eigenvalue weighted by Gasteiger charge is -2.22. The monoisotopic (exact) mass is 220 g/mol. The van der Waals surface area contributed by atoms with Gasteiger partial charge in [0.05, 0.1) is 0 Å². The highest BCUT2D eigenvalue weighted by Gasteiger charge is 2.19. The van der Waals surface area contributed by atoms with Crippen LogP contribution in [-0.4, -0.2) is 18.4 Å². The Bertz CT molecular complexity index is 425. The summed E-state index contributed by atoms with van der Waals surface area (Å²) < 4.78 is 10.4. The first kappa shape index (κ1) is 10.7. The molecule has 1 aliphatic rings. The van der Waals surface area contributed by atoms with E-state index in [9.17, 15) is 9.59 Å². The Balaban J connectivity index is 2.21. The third-order valence-corrected chi connectivity index (χ3v) is 2.42. The van der Waals surface area contributed by atoms with Gasteiger partial charge in [-0.15, -0.1) is 0 Å². The van der Waals surface area contributed by atoms with Crippen molar-refractivity contribution in [2.75, 3.05) is 0 Å². The summed E-state index contributed by atoms with van der Waals surface area (Å²) in [4.78, 5) is 21.4. The summed E-state index contributed by atoms with van der Waals surface area (Å²) in [7, 11) is 0. The fourth-order valence-electron chi connectivity index (χ4n) is 1.71. The average Bonchev–Trinajstić information content (AvgIpc) is 2.27. The van der Waals surface area contributed by atoms with Crippen molar-refractivity contribution in [1.29, 1.82) is 0 Å². The molecular weight excluding hydrogens is 208 g/mol. The van der Waals surface area contributed by atoms with Crippen molar-refractivity contribution in [3.05, 3.63) is 23.8 Å². The molecule has 0 saturated carbocycles. The van der Waals surface area contributed by atoms with E-state index in [1.54, 1.807) is 18.2 Å². The van der Waals surface area contributed by atoms with Crippen molar-refractivity contribution >= 4 is 12.3 Å². The Hall–Kier alpha value is -1.84. The van der Waals surface area contributed by atoms with Gasteiger partial charge in [0.25, 0.3) is 0 Å². The first-order valence-electron chi connectivity index (χ1n) is 5.12. The maximum Gasteiger partial charge on any atom is 0.308 e. The second-order valence-corrected chi connectivity index (χ2v) is 3.69. The summed E-state index contributed by atoms with van der Waals surface area (Å²) in [6, 6.07) is 5.16. The molecule has 0 radical (unpaired) electrons. The van der Waals surface area contributed by atoms with E-state index in [0.29, 0.717) is 17.9 Å². The fourth-order valence-corrected chi connectivity index (χ4v) is 1.71. The number of benzene rings is 1. The van der Waals surface area contributed by atoms with E-state index in [0.717, 1.165) is 18.3 Å². The number of ether oxygens (including phenoxy) is 2. The summed E-state index contributed by atoms with van der Waals surface area (Å²) in [5, 5.41) is 0. The summed E-state index contributed by atoms with van der Waals surface area (Å²) in [5.74, 6) is 0.862. The van der Waals surface area contributed by atoms with Gasteiger partial charge >= 0.3 is 5.97 Å². The molecule has 1 atom stereocenters. The molecule has 1 aromatic carbocycles. The number of hydrogen-bond acceptors (Lipinski definition) is 4. The van der Waals surface area contributed by atoms with Crippen LogP contribution in [0.25, 0.3) is 0 Å². The van der Waals surface area contributed by atoms with Crippen LogP contribution in [0.2, 0.25) is 0 Å². The molecular formula is C12H12O4. The van der Waals surface area contributed by atoms with Crippen molar-refractivity contribution in [3.8, 4) is 11.5 Å². The number of esters is 1. The number of carbonyl (C=O) groups is 2. The van der Waals surface area contributed by atoms with Crippen LogP contribution in [0.15, 0.2) is 18.2 Å². The minimum atomic E-state index is -0.355. The lowest BCUT2D eigenvalue weighted by Crippen LogP contribution is -2.23. The van der Waals surface area contributed by atoms with Gasteiger partial charge in [-0.05, 0) is 36.6 Å². The summed E-state index contributed by atoms with van der Waals surface area (Å²) >= 11 is 0. The van der Waals surface area contributed by atoms with Gasteiger partial charge in [-0.2, -0.15) is 0 Å². The van der Waals surface area contributed by atoms with E-state index in [-0.39, 0.29) is 12.1 Å². The van der Waals surface area contributed by atoms with Gasteiger partial charge in [0.1, 0.15) is 11.5 Å². The van der Waals surface area contributed by atoms with Crippen LogP contribution >= 0.6 is 0 Å². The smallest absolute Gasteiger partial charge is 0.308 e. The van der Waals surface area contributed by atoms with E-state index in [1.807, 2.05) is 0 Å². The zero-order valence-electron chi connectivity index (χ0n) is 8.93. The van der Waals surface area contributed by atoms with Gasteiger partial charge in [0.15, 0.2) is 12.4 Å². The fraction of sp³-hybridized carbons (Fsp3) is 0.333. The van der Waals surface area contributed by atoms with Crippen molar-refractivity contribution < 1.29 is 19.1 Å². The van der Waals surface area contributed by atoms with Gasteiger partial charge in [-0.25, -0.2) is 0 Å². The van der Waals surface area contributed by atoms with Crippen LogP contribution in [0.3, 0.4) is 0 Å². The molecule has 0 aromatic heterocycles. The normalized spacial score (nSPS) is 18.2. The van der Waals surface area contributed by atoms with Crippen LogP contribution < -0.4 is 9.47 Å². The summed E-state index contributed by atoms with van der Waals surface area (Å²) in [5.41, 5.74) is 0.969. The number of aldehydes is 1. The van der Waals surface area contributed by atoms with E-state index in [1.165, 1.54) is 6.92 Å². The molecule has 0 fully saturated rings. The molecule has 1 aliphatic heterocycles. The van der Waals surface area contributed by atoms with Gasteiger partial charge in [-0.3, -0.25) is 9.59 Å². The van der Waals surface area contributed by atoms with E-state index >= 15 is 0 Å². The third-order valence-electron chi connectivity index (χ3n) is 2.42. The third kappa shape index (κ3) is 2.21. The molecule has 4 nitrogen and oxygen atoms in total. The minimum absolute atomic E-state index is 0.345. The van der Waals surface area contributed by atoms with Crippen molar-refractivity contribution in [2.24, 2.45) is 0 Å². The molecule has 0 spiro atoms. The van der Waals surface area contributed by atoms with Gasteiger partial charge in [0, 0.05) is 6.92 Å². The molecule has 1 aromatic rings. The Morgan fingerprint density at radius 3 is 3.06 bits per heavy atom. The molecule has 1 heterocycles. The first-order chi connectivity index (χ1) is 7.69. The van der Waals surface area contributed by atoms with Crippen LogP contribution in [-0.2, 0) is 16.0 Å². The van der Waals surface area contributed by atoms with E-state index < -0.39 is 0 Å². The highest BCUT2D eigenvalue weighted by atomic mass is 16.5. The first-order valence-corrected chi connectivity index (χ1v) is 5.12. The van der Waals surface area contributed by atoms with Crippen molar-refractivity contribution in [2.45, 2.75) is 25.9 Å². The zero-order chi connectivity index (χ0) is 11.5. The molecule has 4 heteroatoms. The lowest BCUT2D eigenvalue weighted by atomic mass is 10.0. The van der Waals surface area contributed by atoms with Crippen LogP contribution in [0, 0.1) is 0 Å². The Kier molecular flexibility index (Phi) is 2.90. The topological polar surface area (TPSA) is 52.6 Å². The molecule has 0 saturated heterocycles. The lowest BCUT2D eigenvalue weighted by molar-refractivity contribution is -0.131. The number of carbonyl (C=O) groups excluding carboxylic acids is 2.